The summed E-state index contributed by atoms with van der Waals surface area (Å²) in [5, 5.41) is 8.63. The molecule has 16 heteroatoms. The summed E-state index contributed by atoms with van der Waals surface area (Å²) in [6.07, 6.45) is -6.32. The van der Waals surface area contributed by atoms with Crippen molar-refractivity contribution in [2.45, 2.75) is 33.1 Å². The molecule has 2 amide bonds. The summed E-state index contributed by atoms with van der Waals surface area (Å²) >= 11 is 8.67. The monoisotopic (exact) mass is 742 g/mol. The van der Waals surface area contributed by atoms with Crippen molar-refractivity contribution in [2.75, 3.05) is 17.2 Å². The van der Waals surface area contributed by atoms with E-state index in [1.165, 1.54) is 6.07 Å². The van der Waals surface area contributed by atoms with Gasteiger partial charge >= 0.3 is 24.3 Å². The average molecular weight is 744 g/mol. The number of nitrogens with one attached hydrogen (secondary N) is 2. The Morgan fingerprint density at radius 1 is 0.979 bits per heavy atom. The number of esters is 1. The fraction of sp³-hybridized carbons (Fsp3) is 0.226. The molecule has 1 heterocycles. The highest BCUT2D eigenvalue weighted by molar-refractivity contribution is 9.10. The van der Waals surface area contributed by atoms with Crippen LogP contribution in [-0.2, 0) is 22.7 Å². The lowest BCUT2D eigenvalue weighted by Crippen LogP contribution is -2.17. The number of aromatic nitrogens is 2. The molecule has 0 spiro atoms. The smallest absolute Gasteiger partial charge is 0.434 e. The normalized spacial score (nSPS) is 10.9. The van der Waals surface area contributed by atoms with Crippen LogP contribution in [0, 0.1) is 5.82 Å². The molecule has 0 saturated carbocycles. The van der Waals surface area contributed by atoms with Gasteiger partial charge in [0.05, 0.1) is 27.8 Å². The third-order valence-corrected chi connectivity index (χ3v) is 6.78. The van der Waals surface area contributed by atoms with Gasteiger partial charge in [-0.1, -0.05) is 35.9 Å². The van der Waals surface area contributed by atoms with Crippen LogP contribution in [-0.4, -0.2) is 40.6 Å². The molecule has 0 fully saturated rings. The van der Waals surface area contributed by atoms with Gasteiger partial charge in [0.1, 0.15) is 17.3 Å². The molecular weight excluding hydrogens is 716 g/mol. The Balaban J connectivity index is 0.000000257. The molecule has 1 aromatic heterocycles. The summed E-state index contributed by atoms with van der Waals surface area (Å²) in [4.78, 5) is 35.1. The Labute approximate surface area is 280 Å². The van der Waals surface area contributed by atoms with E-state index in [0.717, 1.165) is 19.2 Å². The molecule has 2 N–H and O–H groups in total. The number of aryl methyl sites for hydroxylation is 1. The highest BCUT2D eigenvalue weighted by Gasteiger charge is 2.39. The van der Waals surface area contributed by atoms with Crippen LogP contribution in [0.3, 0.4) is 0 Å². The number of hydrogen-bond acceptors (Lipinski definition) is 7. The van der Waals surface area contributed by atoms with Crippen LogP contribution in [0.2, 0.25) is 5.02 Å². The maximum atomic E-state index is 14.3. The molecule has 4 aromatic rings. The van der Waals surface area contributed by atoms with Gasteiger partial charge in [0.2, 0.25) is 0 Å². The number of carbonyl (C=O) groups is 3. The minimum Gasteiger partial charge on any atom is -0.459 e. The van der Waals surface area contributed by atoms with E-state index in [1.54, 1.807) is 63.2 Å². The van der Waals surface area contributed by atoms with Crippen molar-refractivity contribution in [3.63, 3.8) is 0 Å². The molecule has 0 saturated heterocycles. The van der Waals surface area contributed by atoms with E-state index in [-0.39, 0.29) is 28.5 Å². The first-order chi connectivity index (χ1) is 22.1. The molecular formula is C31H28BrClF4N4O6. The number of alkyl halides is 3. The van der Waals surface area contributed by atoms with Crippen LogP contribution in [0.5, 0.6) is 5.75 Å². The Morgan fingerprint density at radius 2 is 1.62 bits per heavy atom. The molecule has 0 radical (unpaired) electrons. The number of hydrogen-bond donors (Lipinski definition) is 2. The summed E-state index contributed by atoms with van der Waals surface area (Å²) in [5.41, 5.74) is -0.751. The van der Waals surface area contributed by atoms with Gasteiger partial charge < -0.3 is 14.2 Å². The second-order valence-corrected chi connectivity index (χ2v) is 10.9. The second kappa shape index (κ2) is 16.3. The Kier molecular flexibility index (Phi) is 12.8. The molecule has 10 nitrogen and oxygen atoms in total. The van der Waals surface area contributed by atoms with Crippen LogP contribution in [0.15, 0.2) is 71.2 Å². The van der Waals surface area contributed by atoms with E-state index in [4.69, 9.17) is 25.8 Å². The molecule has 0 atom stereocenters. The Bertz CT molecular complexity index is 1740. The van der Waals surface area contributed by atoms with Gasteiger partial charge in [0, 0.05) is 30.1 Å². The molecule has 0 aliphatic heterocycles. The molecule has 0 bridgehead atoms. The van der Waals surface area contributed by atoms with Crippen LogP contribution in [0.1, 0.15) is 36.8 Å². The lowest BCUT2D eigenvalue weighted by Gasteiger charge is -2.11. The number of amides is 2. The van der Waals surface area contributed by atoms with Crippen LogP contribution in [0.25, 0.3) is 11.3 Å². The SMILES string of the molecule is CC(C)OC(=O)c1cc(-c2nn(C)c(C(F)(F)F)c2Br)c(F)cc1Cl.CCOC(=O)Nc1cccc(OC(=O)Nc2ccccc2)c1. The fourth-order valence-corrected chi connectivity index (χ4v) is 4.84. The second-order valence-electron chi connectivity index (χ2n) is 9.65. The number of halogens is 6. The van der Waals surface area contributed by atoms with Gasteiger partial charge in [-0.15, -0.1) is 0 Å². The molecule has 0 unspecified atom stereocenters. The predicted octanol–water partition coefficient (Wildman–Crippen LogP) is 9.09. The van der Waals surface area contributed by atoms with Crippen molar-refractivity contribution in [1.29, 1.82) is 0 Å². The minimum absolute atomic E-state index is 0.169. The third kappa shape index (κ3) is 10.4. The number of benzene rings is 3. The standard InChI is InChI=1S/C16H16N2O4.C15H12BrClF4N2O2/c1-2-21-15(19)18-13-9-6-10-14(11-13)22-16(20)17-12-7-4-3-5-8-12;1-6(2)25-14(24)7-4-8(10(18)5-9(7)17)12-11(16)13(15(19,20)21)23(3)22-12/h3-11H,2H2,1H3,(H,17,20)(H,18,19);4-6H,1-3H3. The summed E-state index contributed by atoms with van der Waals surface area (Å²) < 4.78 is 68.6. The molecule has 0 aliphatic carbocycles. The first kappa shape index (κ1) is 36.8. The molecule has 4 rings (SSSR count). The lowest BCUT2D eigenvalue weighted by molar-refractivity contribution is -0.144. The molecule has 3 aromatic carbocycles. The van der Waals surface area contributed by atoms with Crippen LogP contribution in [0.4, 0.5) is 38.5 Å². The highest BCUT2D eigenvalue weighted by atomic mass is 79.9. The quantitative estimate of drug-likeness (QED) is 0.143. The van der Waals surface area contributed by atoms with Crippen molar-refractivity contribution in [2.24, 2.45) is 7.05 Å². The van der Waals surface area contributed by atoms with Gasteiger partial charge in [0.15, 0.2) is 5.69 Å². The van der Waals surface area contributed by atoms with Crippen molar-refractivity contribution in [1.82, 2.24) is 9.78 Å². The number of nitrogens with zero attached hydrogens (tertiary/aromatic N) is 2. The van der Waals surface area contributed by atoms with E-state index in [1.807, 2.05) is 6.07 Å². The first-order valence-electron chi connectivity index (χ1n) is 13.7. The van der Waals surface area contributed by atoms with Crippen molar-refractivity contribution >= 4 is 57.1 Å². The average Bonchev–Trinajstić information content (AvgIpc) is 3.27. The predicted molar refractivity (Wildman–Crippen MR) is 170 cm³/mol. The van der Waals surface area contributed by atoms with E-state index >= 15 is 0 Å². The lowest BCUT2D eigenvalue weighted by atomic mass is 10.1. The largest absolute Gasteiger partial charge is 0.459 e. The fourth-order valence-electron chi connectivity index (χ4n) is 3.84. The zero-order chi connectivity index (χ0) is 34.9. The molecule has 0 aliphatic rings. The highest BCUT2D eigenvalue weighted by Crippen LogP contribution is 2.41. The van der Waals surface area contributed by atoms with E-state index < -0.39 is 46.4 Å². The number of rotatable bonds is 7. The van der Waals surface area contributed by atoms with E-state index in [2.05, 4.69) is 31.7 Å². The van der Waals surface area contributed by atoms with Gasteiger partial charge in [0.25, 0.3) is 0 Å². The van der Waals surface area contributed by atoms with Gasteiger partial charge in [-0.2, -0.15) is 18.3 Å². The number of ether oxygens (including phenoxy) is 3. The third-order valence-electron chi connectivity index (χ3n) is 5.72. The number of carbonyl (C=O) groups excluding carboxylic acids is 3. The zero-order valence-corrected chi connectivity index (χ0v) is 27.6. The number of anilines is 2. The summed E-state index contributed by atoms with van der Waals surface area (Å²) in [5.74, 6) is -1.43. The van der Waals surface area contributed by atoms with Crippen LogP contribution < -0.4 is 15.4 Å². The summed E-state index contributed by atoms with van der Waals surface area (Å²) in [7, 11) is 1.08. The molecule has 47 heavy (non-hydrogen) atoms. The number of para-hydroxylation sites is 1. The van der Waals surface area contributed by atoms with Crippen LogP contribution >= 0.6 is 27.5 Å². The maximum absolute atomic E-state index is 14.3. The summed E-state index contributed by atoms with van der Waals surface area (Å²) in [6, 6.07) is 17.3. The minimum atomic E-state index is -4.69. The topological polar surface area (TPSA) is 121 Å². The first-order valence-corrected chi connectivity index (χ1v) is 14.9. The van der Waals surface area contributed by atoms with Gasteiger partial charge in [-0.25, -0.2) is 18.8 Å². The van der Waals surface area contributed by atoms with Crippen molar-refractivity contribution in [3.05, 3.63) is 93.3 Å². The maximum Gasteiger partial charge on any atom is 0.434 e. The van der Waals surface area contributed by atoms with Crippen molar-refractivity contribution < 1.29 is 46.2 Å². The Hall–Kier alpha value is -4.63. The Morgan fingerprint density at radius 3 is 2.21 bits per heavy atom. The van der Waals surface area contributed by atoms with Gasteiger partial charge in [-0.3, -0.25) is 15.3 Å². The molecule has 250 valence electrons. The van der Waals surface area contributed by atoms with E-state index in [9.17, 15) is 31.9 Å². The summed E-state index contributed by atoms with van der Waals surface area (Å²) in [6.45, 7) is 5.22. The van der Waals surface area contributed by atoms with Gasteiger partial charge in [-0.05, 0) is 73.1 Å². The van der Waals surface area contributed by atoms with E-state index in [0.29, 0.717) is 21.8 Å². The zero-order valence-electron chi connectivity index (χ0n) is 25.2. The van der Waals surface area contributed by atoms with Crippen molar-refractivity contribution in [3.8, 4) is 17.0 Å².